The molecule has 0 aliphatic heterocycles. The lowest BCUT2D eigenvalue weighted by atomic mass is 9.52. The second-order valence-electron chi connectivity index (χ2n) is 11.1. The molecule has 0 saturated heterocycles. The average molecular weight is 466 g/mol. The molecule has 4 saturated carbocycles. The molecule has 4 bridgehead atoms. The van der Waals surface area contributed by atoms with Crippen LogP contribution in [-0.2, 0) is 4.79 Å². The van der Waals surface area contributed by atoms with Crippen LogP contribution in [0.25, 0.3) is 0 Å². The molecule has 8 nitrogen and oxygen atoms in total. The van der Waals surface area contributed by atoms with Gasteiger partial charge in [-0.25, -0.2) is 0 Å². The van der Waals surface area contributed by atoms with Crippen LogP contribution in [0.1, 0.15) is 76.8 Å². The van der Waals surface area contributed by atoms with Crippen molar-refractivity contribution in [3.05, 3.63) is 5.76 Å². The van der Waals surface area contributed by atoms with Gasteiger partial charge >= 0.3 is 0 Å². The Morgan fingerprint density at radius 3 is 2.53 bits per heavy atom. The Labute approximate surface area is 193 Å². The maximum absolute atomic E-state index is 13.2. The summed E-state index contributed by atoms with van der Waals surface area (Å²) in [4.78, 5) is 25.1. The van der Waals surface area contributed by atoms with Gasteiger partial charge in [-0.15, -0.1) is 11.8 Å². The fourth-order valence-electron chi connectivity index (χ4n) is 6.06. The Kier molecular flexibility index (Phi) is 6.26. The summed E-state index contributed by atoms with van der Waals surface area (Å²) in [6, 6.07) is 0.0557. The largest absolute Gasteiger partial charge is 0.474 e. The lowest BCUT2D eigenvalue weighted by molar-refractivity contribution is -0.137. The summed E-state index contributed by atoms with van der Waals surface area (Å²) in [7, 11) is 0. The van der Waals surface area contributed by atoms with Gasteiger partial charge in [-0.2, -0.15) is 0 Å². The highest BCUT2D eigenvalue weighted by molar-refractivity contribution is 8.00. The lowest BCUT2D eigenvalue weighted by Gasteiger charge is -2.58. The summed E-state index contributed by atoms with van der Waals surface area (Å²) < 4.78 is 11.4. The summed E-state index contributed by atoms with van der Waals surface area (Å²) in [5.74, 6) is 0.957. The summed E-state index contributed by atoms with van der Waals surface area (Å²) in [6.45, 7) is 8.06. The molecule has 0 aromatic carbocycles. The molecule has 0 radical (unpaired) electrons. The number of aliphatic hydroxyl groups is 1. The van der Waals surface area contributed by atoms with Gasteiger partial charge in [0.2, 0.25) is 11.7 Å². The zero-order valence-corrected chi connectivity index (χ0v) is 20.2. The third-order valence-electron chi connectivity index (χ3n) is 6.97. The van der Waals surface area contributed by atoms with Crippen molar-refractivity contribution in [2.75, 3.05) is 6.61 Å². The van der Waals surface area contributed by atoms with E-state index in [0.717, 1.165) is 32.1 Å². The number of rotatable bonds is 9. The van der Waals surface area contributed by atoms with Crippen LogP contribution in [0, 0.1) is 23.2 Å². The molecule has 9 heteroatoms. The molecule has 4 fully saturated rings. The van der Waals surface area contributed by atoms with E-state index >= 15 is 0 Å². The summed E-state index contributed by atoms with van der Waals surface area (Å²) >= 11 is 1.47. The number of carbonyl (C=O) groups excluding carboxylic acids is 2. The minimum Gasteiger partial charge on any atom is -0.474 e. The number of thioether (sulfide) groups is 1. The first-order chi connectivity index (χ1) is 14.9. The quantitative estimate of drug-likeness (QED) is 0.478. The van der Waals surface area contributed by atoms with Crippen LogP contribution >= 0.6 is 11.8 Å². The van der Waals surface area contributed by atoms with Crippen LogP contribution in [0.2, 0.25) is 0 Å². The number of nitrogens with zero attached hydrogens (tertiary/aromatic N) is 1. The maximum Gasteiger partial charge on any atom is 0.291 e. The fraction of sp³-hybridized carbons (Fsp3) is 0.783. The third-order valence-corrected chi connectivity index (χ3v) is 8.04. The first-order valence-electron chi connectivity index (χ1n) is 11.6. The number of hydrogen-bond donors (Lipinski definition) is 3. The minimum atomic E-state index is -0.540. The highest BCUT2D eigenvalue weighted by Crippen LogP contribution is 2.55. The van der Waals surface area contributed by atoms with Gasteiger partial charge in [0.05, 0.1) is 12.2 Å². The number of hydrogen-bond acceptors (Lipinski definition) is 7. The van der Waals surface area contributed by atoms with E-state index in [2.05, 4.69) is 10.5 Å². The topological polar surface area (TPSA) is 128 Å². The van der Waals surface area contributed by atoms with Crippen LogP contribution in [0.4, 0.5) is 0 Å². The minimum absolute atomic E-state index is 0.0557. The predicted molar refractivity (Wildman–Crippen MR) is 120 cm³/mol. The van der Waals surface area contributed by atoms with E-state index in [9.17, 15) is 14.7 Å². The number of amides is 2. The number of nitrogens with two attached hydrogens (primary N) is 1. The Morgan fingerprint density at radius 1 is 1.31 bits per heavy atom. The van der Waals surface area contributed by atoms with E-state index in [4.69, 9.17) is 15.0 Å². The number of aromatic nitrogens is 1. The zero-order valence-electron chi connectivity index (χ0n) is 19.3. The molecule has 4 aliphatic carbocycles. The van der Waals surface area contributed by atoms with Crippen molar-refractivity contribution in [2.45, 2.75) is 88.0 Å². The van der Waals surface area contributed by atoms with Crippen LogP contribution < -0.4 is 15.8 Å². The van der Waals surface area contributed by atoms with Crippen molar-refractivity contribution in [3.8, 4) is 5.88 Å². The number of nitrogens with one attached hydrogen (secondary N) is 1. The van der Waals surface area contributed by atoms with Crippen molar-refractivity contribution in [3.63, 3.8) is 0 Å². The molecule has 1 heterocycles. The highest BCUT2D eigenvalue weighted by Gasteiger charge is 2.55. The molecule has 2 atom stereocenters. The molecular weight excluding hydrogens is 430 g/mol. The van der Waals surface area contributed by atoms with Gasteiger partial charge in [0.25, 0.3) is 11.8 Å². The third kappa shape index (κ3) is 4.93. The van der Waals surface area contributed by atoms with E-state index in [1.165, 1.54) is 11.8 Å². The molecule has 0 spiro atoms. The van der Waals surface area contributed by atoms with Crippen molar-refractivity contribution in [1.82, 2.24) is 10.5 Å². The number of primary amides is 1. The molecule has 5 rings (SSSR count). The van der Waals surface area contributed by atoms with Crippen molar-refractivity contribution < 1.29 is 24.0 Å². The van der Waals surface area contributed by atoms with E-state index in [-0.39, 0.29) is 41.9 Å². The molecule has 4 N–H and O–H groups in total. The first-order valence-corrected chi connectivity index (χ1v) is 12.4. The van der Waals surface area contributed by atoms with Crippen LogP contribution in [0.3, 0.4) is 0 Å². The second kappa shape index (κ2) is 8.56. The molecular formula is C23H35N3O5S. The second-order valence-corrected chi connectivity index (χ2v) is 12.7. The summed E-state index contributed by atoms with van der Waals surface area (Å²) in [5.41, 5.74) is 4.33. The monoisotopic (exact) mass is 465 g/mol. The van der Waals surface area contributed by atoms with Gasteiger partial charge in [0.15, 0.2) is 0 Å². The Balaban J connectivity index is 1.48. The lowest BCUT2D eigenvalue weighted by Crippen LogP contribution is -2.61. The van der Waals surface area contributed by atoms with Gasteiger partial charge in [-0.05, 0) is 55.0 Å². The molecule has 4 aliphatic rings. The van der Waals surface area contributed by atoms with Crippen LogP contribution in [-0.4, -0.2) is 45.6 Å². The van der Waals surface area contributed by atoms with Gasteiger partial charge in [0.1, 0.15) is 4.90 Å². The van der Waals surface area contributed by atoms with Crippen molar-refractivity contribution in [1.29, 1.82) is 0 Å². The Morgan fingerprint density at radius 2 is 1.97 bits per heavy atom. The molecule has 2 amide bonds. The normalized spacial score (nSPS) is 31.2. The SMILES string of the molecule is CC(C)Sc1c(OCC(C)(C)CC(N)=O)noc1C(=O)NC1C2CC3CC1CC(O)(C3)C2. The molecule has 1 aromatic heterocycles. The van der Waals surface area contributed by atoms with Gasteiger partial charge in [-0.3, -0.25) is 9.59 Å². The predicted octanol–water partition coefficient (Wildman–Crippen LogP) is 3.12. The van der Waals surface area contributed by atoms with E-state index < -0.39 is 16.9 Å². The highest BCUT2D eigenvalue weighted by atomic mass is 32.2. The molecule has 178 valence electrons. The van der Waals surface area contributed by atoms with Gasteiger partial charge in [-0.1, -0.05) is 27.7 Å². The Bertz CT molecular complexity index is 867. The molecule has 2 unspecified atom stereocenters. The molecule has 1 aromatic rings. The number of carbonyl (C=O) groups is 2. The van der Waals surface area contributed by atoms with E-state index in [1.54, 1.807) is 0 Å². The van der Waals surface area contributed by atoms with Crippen LogP contribution in [0.15, 0.2) is 9.42 Å². The van der Waals surface area contributed by atoms with Gasteiger partial charge < -0.3 is 25.4 Å². The molecule has 32 heavy (non-hydrogen) atoms. The summed E-state index contributed by atoms with van der Waals surface area (Å²) in [5, 5.41) is 18.2. The average Bonchev–Trinajstić information content (AvgIpc) is 3.02. The first kappa shape index (κ1) is 23.4. The zero-order chi connectivity index (χ0) is 23.3. The van der Waals surface area contributed by atoms with E-state index in [1.807, 2.05) is 27.7 Å². The Hall–Kier alpha value is -1.74. The standard InChI is InChI=1S/C23H35N3O5S/c1-12(2)32-19-18(31-26-21(19)30-11-22(3,4)10-16(24)27)20(28)25-17-14-5-13-6-15(17)9-23(29,7-13)8-14/h12-15,17,29H,5-11H2,1-4H3,(H2,24,27)(H,25,28). The number of ether oxygens (including phenoxy) is 1. The smallest absolute Gasteiger partial charge is 0.291 e. The van der Waals surface area contributed by atoms with E-state index in [0.29, 0.717) is 22.6 Å². The fourth-order valence-corrected chi connectivity index (χ4v) is 6.97. The van der Waals surface area contributed by atoms with Gasteiger partial charge in [0, 0.05) is 23.1 Å². The maximum atomic E-state index is 13.2. The van der Waals surface area contributed by atoms with Crippen LogP contribution in [0.5, 0.6) is 5.88 Å². The summed E-state index contributed by atoms with van der Waals surface area (Å²) in [6.07, 6.45) is 4.75. The van der Waals surface area contributed by atoms with Crippen molar-refractivity contribution in [2.24, 2.45) is 28.9 Å². The van der Waals surface area contributed by atoms with Crippen molar-refractivity contribution >= 4 is 23.6 Å².